The zero-order chi connectivity index (χ0) is 20.4. The minimum absolute atomic E-state index is 0.0879. The maximum atomic E-state index is 13.0. The predicted octanol–water partition coefficient (Wildman–Crippen LogP) is 2.41. The van der Waals surface area contributed by atoms with E-state index < -0.39 is 11.9 Å². The Morgan fingerprint density at radius 3 is 2.46 bits per heavy atom. The van der Waals surface area contributed by atoms with Crippen molar-refractivity contribution in [3.8, 4) is 11.4 Å². The van der Waals surface area contributed by atoms with E-state index >= 15 is 0 Å². The maximum Gasteiger partial charge on any atom is 0.308 e. The number of aromatic nitrogens is 3. The first-order valence-electron chi connectivity index (χ1n) is 9.55. The fraction of sp³-hybridized carbons (Fsp3) is 0.500. The summed E-state index contributed by atoms with van der Waals surface area (Å²) < 4.78 is 7.31. The van der Waals surface area contributed by atoms with Gasteiger partial charge in [0.15, 0.2) is 5.69 Å². The van der Waals surface area contributed by atoms with Gasteiger partial charge in [-0.05, 0) is 50.5 Å². The fourth-order valence-electron chi connectivity index (χ4n) is 3.53. The van der Waals surface area contributed by atoms with Crippen LogP contribution in [0.5, 0.6) is 5.75 Å². The van der Waals surface area contributed by atoms with Gasteiger partial charge in [0.25, 0.3) is 5.91 Å². The number of rotatable bonds is 6. The smallest absolute Gasteiger partial charge is 0.308 e. The molecule has 1 N–H and O–H groups in total. The van der Waals surface area contributed by atoms with Crippen molar-refractivity contribution in [3.05, 3.63) is 35.7 Å². The predicted molar refractivity (Wildman–Crippen MR) is 103 cm³/mol. The fourth-order valence-corrected chi connectivity index (χ4v) is 3.53. The number of aliphatic carboxylic acids is 1. The molecule has 1 aromatic heterocycles. The second-order valence-corrected chi connectivity index (χ2v) is 7.44. The molecule has 28 heavy (non-hydrogen) atoms. The van der Waals surface area contributed by atoms with Gasteiger partial charge in [0.05, 0.1) is 23.4 Å². The molecule has 1 amide bonds. The number of ether oxygens (including phenoxy) is 1. The average molecular weight is 386 g/mol. The lowest BCUT2D eigenvalue weighted by Crippen LogP contribution is -2.31. The summed E-state index contributed by atoms with van der Waals surface area (Å²) in [5.41, 5.74) is 1.77. The highest BCUT2D eigenvalue weighted by Gasteiger charge is 2.38. The molecule has 8 nitrogen and oxygen atoms in total. The van der Waals surface area contributed by atoms with Gasteiger partial charge in [-0.3, -0.25) is 9.59 Å². The Morgan fingerprint density at radius 2 is 1.93 bits per heavy atom. The first-order chi connectivity index (χ1) is 13.3. The van der Waals surface area contributed by atoms with E-state index in [1.807, 2.05) is 52.0 Å². The number of amides is 1. The minimum atomic E-state index is -0.870. The second-order valence-electron chi connectivity index (χ2n) is 7.44. The molecule has 0 bridgehead atoms. The van der Waals surface area contributed by atoms with Crippen LogP contribution in [0.1, 0.15) is 43.9 Å². The molecule has 3 rings (SSSR count). The topological polar surface area (TPSA) is 97.5 Å². The molecule has 150 valence electrons. The van der Waals surface area contributed by atoms with Gasteiger partial charge in [0.1, 0.15) is 5.75 Å². The molecule has 1 saturated heterocycles. The molecule has 2 aromatic rings. The van der Waals surface area contributed by atoms with E-state index in [0.29, 0.717) is 18.7 Å². The summed E-state index contributed by atoms with van der Waals surface area (Å²) in [4.78, 5) is 25.9. The molecule has 1 aliphatic heterocycles. The van der Waals surface area contributed by atoms with Gasteiger partial charge in [0.2, 0.25) is 0 Å². The van der Waals surface area contributed by atoms with Crippen molar-refractivity contribution < 1.29 is 19.4 Å². The summed E-state index contributed by atoms with van der Waals surface area (Å²) >= 11 is 0. The summed E-state index contributed by atoms with van der Waals surface area (Å²) in [5.74, 6) is -1.00. The second kappa shape index (κ2) is 8.00. The monoisotopic (exact) mass is 386 g/mol. The highest BCUT2D eigenvalue weighted by atomic mass is 16.5. The van der Waals surface area contributed by atoms with Gasteiger partial charge in [0, 0.05) is 13.1 Å². The number of likely N-dealkylation sites (tertiary alicyclic amines) is 1. The number of hydrogen-bond acceptors (Lipinski definition) is 5. The molecule has 1 aromatic carbocycles. The van der Waals surface area contributed by atoms with Gasteiger partial charge in [-0.15, -0.1) is 5.10 Å². The minimum Gasteiger partial charge on any atom is -0.491 e. The molecule has 0 saturated carbocycles. The van der Waals surface area contributed by atoms with Gasteiger partial charge in [-0.1, -0.05) is 19.1 Å². The highest BCUT2D eigenvalue weighted by Crippen LogP contribution is 2.26. The zero-order valence-electron chi connectivity index (χ0n) is 16.6. The molecular formula is C20H26N4O4. The number of hydrogen-bond donors (Lipinski definition) is 1. The summed E-state index contributed by atoms with van der Waals surface area (Å²) in [7, 11) is 0. The number of carboxylic acid groups (broad SMARTS) is 1. The molecule has 8 heteroatoms. The van der Waals surface area contributed by atoms with Crippen LogP contribution in [0.3, 0.4) is 0 Å². The molecular weight excluding hydrogens is 360 g/mol. The Labute approximate surface area is 164 Å². The summed E-state index contributed by atoms with van der Waals surface area (Å²) in [6.45, 7) is 8.33. The van der Waals surface area contributed by atoms with Crippen LogP contribution in [0, 0.1) is 11.8 Å². The largest absolute Gasteiger partial charge is 0.491 e. The van der Waals surface area contributed by atoms with Crippen molar-refractivity contribution in [2.24, 2.45) is 11.8 Å². The molecule has 0 unspecified atom stereocenters. The number of carbonyl (C=O) groups excluding carboxylic acids is 1. The first-order valence-corrected chi connectivity index (χ1v) is 9.55. The standard InChI is InChI=1S/C20H26N4O4/c1-5-17-18(19(25)23-10-13(4)16(11-23)20(26)27)21-22-24(17)14-6-8-15(9-7-14)28-12(2)3/h6-9,12-13,16H,5,10-11H2,1-4H3,(H,26,27)/t13-,16-/m1/s1. The lowest BCUT2D eigenvalue weighted by atomic mass is 9.99. The molecule has 1 aliphatic rings. The Bertz CT molecular complexity index is 860. The van der Waals surface area contributed by atoms with Crippen LogP contribution in [0.25, 0.3) is 5.69 Å². The van der Waals surface area contributed by atoms with Gasteiger partial charge in [-0.25, -0.2) is 4.68 Å². The molecule has 0 radical (unpaired) electrons. The van der Waals surface area contributed by atoms with Crippen LogP contribution in [0.2, 0.25) is 0 Å². The van der Waals surface area contributed by atoms with Crippen LogP contribution < -0.4 is 4.74 Å². The lowest BCUT2D eigenvalue weighted by molar-refractivity contribution is -0.142. The van der Waals surface area contributed by atoms with Crippen LogP contribution in [-0.2, 0) is 11.2 Å². The van der Waals surface area contributed by atoms with E-state index in [2.05, 4.69) is 10.3 Å². The SMILES string of the molecule is CCc1c(C(=O)N2C[C@@H](C)[C@H](C(=O)O)C2)nnn1-c1ccc(OC(C)C)cc1. The number of carboxylic acids is 1. The Balaban J connectivity index is 1.84. The Kier molecular flexibility index (Phi) is 5.67. The van der Waals surface area contributed by atoms with Gasteiger partial charge in [-0.2, -0.15) is 0 Å². The Morgan fingerprint density at radius 1 is 1.25 bits per heavy atom. The van der Waals surface area contributed by atoms with Crippen LogP contribution in [0.15, 0.2) is 24.3 Å². The van der Waals surface area contributed by atoms with E-state index in [1.165, 1.54) is 0 Å². The van der Waals surface area contributed by atoms with E-state index in [1.54, 1.807) is 9.58 Å². The summed E-state index contributed by atoms with van der Waals surface area (Å²) in [6.07, 6.45) is 0.662. The lowest BCUT2D eigenvalue weighted by Gasteiger charge is -2.15. The molecule has 2 atom stereocenters. The van der Waals surface area contributed by atoms with E-state index in [-0.39, 0.29) is 30.2 Å². The van der Waals surface area contributed by atoms with Crippen molar-refractivity contribution in [2.45, 2.75) is 40.2 Å². The van der Waals surface area contributed by atoms with E-state index in [0.717, 1.165) is 11.4 Å². The average Bonchev–Trinajstić information content (AvgIpc) is 3.24. The van der Waals surface area contributed by atoms with Crippen LogP contribution >= 0.6 is 0 Å². The van der Waals surface area contributed by atoms with Crippen molar-refractivity contribution in [3.63, 3.8) is 0 Å². The third-order valence-corrected chi connectivity index (χ3v) is 4.97. The third kappa shape index (κ3) is 3.85. The third-order valence-electron chi connectivity index (χ3n) is 4.97. The molecule has 1 fully saturated rings. The number of nitrogens with zero attached hydrogens (tertiary/aromatic N) is 4. The van der Waals surface area contributed by atoms with Crippen LogP contribution in [-0.4, -0.2) is 56.1 Å². The van der Waals surface area contributed by atoms with Gasteiger partial charge < -0.3 is 14.7 Å². The van der Waals surface area contributed by atoms with Crippen molar-refractivity contribution in [1.82, 2.24) is 19.9 Å². The molecule has 2 heterocycles. The Hall–Kier alpha value is -2.90. The zero-order valence-corrected chi connectivity index (χ0v) is 16.6. The number of benzene rings is 1. The van der Waals surface area contributed by atoms with Crippen molar-refractivity contribution in [2.75, 3.05) is 13.1 Å². The normalized spacial score (nSPS) is 19.2. The summed E-state index contributed by atoms with van der Waals surface area (Å²) in [5, 5.41) is 17.6. The maximum absolute atomic E-state index is 13.0. The molecule has 0 aliphatic carbocycles. The quantitative estimate of drug-likeness (QED) is 0.819. The molecule has 0 spiro atoms. The van der Waals surface area contributed by atoms with Crippen molar-refractivity contribution in [1.29, 1.82) is 0 Å². The first kappa shape index (κ1) is 19.9. The summed E-state index contributed by atoms with van der Waals surface area (Å²) in [6, 6.07) is 7.46. The van der Waals surface area contributed by atoms with Crippen LogP contribution in [0.4, 0.5) is 0 Å². The van der Waals surface area contributed by atoms with Crippen molar-refractivity contribution >= 4 is 11.9 Å². The highest BCUT2D eigenvalue weighted by molar-refractivity contribution is 5.94. The van der Waals surface area contributed by atoms with E-state index in [9.17, 15) is 14.7 Å². The van der Waals surface area contributed by atoms with E-state index in [4.69, 9.17) is 4.74 Å². The number of carbonyl (C=O) groups is 2. The van der Waals surface area contributed by atoms with Gasteiger partial charge >= 0.3 is 5.97 Å².